The summed E-state index contributed by atoms with van der Waals surface area (Å²) in [6.07, 6.45) is -0.0658. The fourth-order valence-electron chi connectivity index (χ4n) is 1.14. The highest BCUT2D eigenvalue weighted by Crippen LogP contribution is 2.27. The second kappa shape index (κ2) is 5.86. The SMILES string of the molecule is CC(C(=O)NCCC(=O)O)c1ccc(Cl)s1. The van der Waals surface area contributed by atoms with Gasteiger partial charge >= 0.3 is 5.97 Å². The van der Waals surface area contributed by atoms with Gasteiger partial charge in [0.15, 0.2) is 0 Å². The average Bonchev–Trinajstić information content (AvgIpc) is 2.63. The number of rotatable bonds is 5. The minimum atomic E-state index is -0.924. The van der Waals surface area contributed by atoms with Crippen molar-refractivity contribution in [3.63, 3.8) is 0 Å². The zero-order valence-corrected chi connectivity index (χ0v) is 10.3. The third-order valence-electron chi connectivity index (χ3n) is 2.05. The van der Waals surface area contributed by atoms with Crippen LogP contribution in [-0.4, -0.2) is 23.5 Å². The number of amides is 1. The van der Waals surface area contributed by atoms with Crippen molar-refractivity contribution in [3.05, 3.63) is 21.3 Å². The third kappa shape index (κ3) is 3.83. The lowest BCUT2D eigenvalue weighted by Gasteiger charge is -2.09. The van der Waals surface area contributed by atoms with Crippen molar-refractivity contribution >= 4 is 34.8 Å². The van der Waals surface area contributed by atoms with Gasteiger partial charge in [-0.2, -0.15) is 0 Å². The molecule has 0 aliphatic carbocycles. The first-order chi connectivity index (χ1) is 7.50. The van der Waals surface area contributed by atoms with E-state index in [4.69, 9.17) is 16.7 Å². The highest BCUT2D eigenvalue weighted by Gasteiger charge is 2.16. The quantitative estimate of drug-likeness (QED) is 0.853. The summed E-state index contributed by atoms with van der Waals surface area (Å²) in [4.78, 5) is 22.7. The fourth-order valence-corrected chi connectivity index (χ4v) is 2.25. The molecule has 2 N–H and O–H groups in total. The van der Waals surface area contributed by atoms with Gasteiger partial charge in [-0.3, -0.25) is 9.59 Å². The van der Waals surface area contributed by atoms with E-state index >= 15 is 0 Å². The number of carboxylic acids is 1. The molecular weight excluding hydrogens is 250 g/mol. The van der Waals surface area contributed by atoms with Gasteiger partial charge in [0.1, 0.15) is 0 Å². The van der Waals surface area contributed by atoms with Gasteiger partial charge in [0, 0.05) is 11.4 Å². The Bertz CT molecular complexity index is 391. The van der Waals surface area contributed by atoms with Crippen molar-refractivity contribution in [3.8, 4) is 0 Å². The van der Waals surface area contributed by atoms with Gasteiger partial charge in [-0.1, -0.05) is 11.6 Å². The molecule has 0 saturated carbocycles. The molecule has 6 heteroatoms. The van der Waals surface area contributed by atoms with E-state index in [-0.39, 0.29) is 24.8 Å². The number of hydrogen-bond acceptors (Lipinski definition) is 3. The molecule has 1 aromatic heterocycles. The maximum Gasteiger partial charge on any atom is 0.305 e. The molecule has 0 aliphatic rings. The monoisotopic (exact) mass is 261 g/mol. The Morgan fingerprint density at radius 3 is 2.75 bits per heavy atom. The Morgan fingerprint density at radius 1 is 1.56 bits per heavy atom. The van der Waals surface area contributed by atoms with Crippen LogP contribution in [0.3, 0.4) is 0 Å². The number of carboxylic acid groups (broad SMARTS) is 1. The van der Waals surface area contributed by atoms with Crippen molar-refractivity contribution in [2.75, 3.05) is 6.54 Å². The second-order valence-corrected chi connectivity index (χ2v) is 5.04. The van der Waals surface area contributed by atoms with Crippen LogP contribution < -0.4 is 5.32 Å². The molecule has 1 heterocycles. The van der Waals surface area contributed by atoms with Gasteiger partial charge in [-0.25, -0.2) is 0 Å². The Labute approximate surface area is 102 Å². The number of halogens is 1. The van der Waals surface area contributed by atoms with Crippen LogP contribution in [0.2, 0.25) is 4.34 Å². The standard InChI is InChI=1S/C10H12ClNO3S/c1-6(7-2-3-8(11)16-7)10(15)12-5-4-9(13)14/h2-3,6H,4-5H2,1H3,(H,12,15)(H,13,14). The van der Waals surface area contributed by atoms with Crippen LogP contribution in [0.5, 0.6) is 0 Å². The van der Waals surface area contributed by atoms with E-state index < -0.39 is 5.97 Å². The number of thiophene rings is 1. The minimum Gasteiger partial charge on any atom is -0.481 e. The van der Waals surface area contributed by atoms with E-state index in [0.717, 1.165) is 4.88 Å². The molecule has 4 nitrogen and oxygen atoms in total. The van der Waals surface area contributed by atoms with E-state index in [1.54, 1.807) is 19.1 Å². The molecule has 0 fully saturated rings. The second-order valence-electron chi connectivity index (χ2n) is 3.30. The lowest BCUT2D eigenvalue weighted by atomic mass is 10.1. The number of aliphatic carboxylic acids is 1. The zero-order chi connectivity index (χ0) is 12.1. The van der Waals surface area contributed by atoms with Crippen molar-refractivity contribution < 1.29 is 14.7 Å². The number of hydrogen-bond donors (Lipinski definition) is 2. The molecule has 1 rings (SSSR count). The molecular formula is C10H12ClNO3S. The third-order valence-corrected chi connectivity index (χ3v) is 3.47. The maximum atomic E-state index is 11.6. The Hall–Kier alpha value is -1.07. The highest BCUT2D eigenvalue weighted by atomic mass is 35.5. The summed E-state index contributed by atoms with van der Waals surface area (Å²) < 4.78 is 0.639. The highest BCUT2D eigenvalue weighted by molar-refractivity contribution is 7.16. The summed E-state index contributed by atoms with van der Waals surface area (Å²) in [6.45, 7) is 1.91. The van der Waals surface area contributed by atoms with Gasteiger partial charge in [0.05, 0.1) is 16.7 Å². The molecule has 0 bridgehead atoms. The molecule has 1 unspecified atom stereocenters. The van der Waals surface area contributed by atoms with Crippen LogP contribution in [0.15, 0.2) is 12.1 Å². The summed E-state index contributed by atoms with van der Waals surface area (Å²) in [7, 11) is 0. The van der Waals surface area contributed by atoms with Crippen LogP contribution in [0.4, 0.5) is 0 Å². The first-order valence-electron chi connectivity index (χ1n) is 4.75. The van der Waals surface area contributed by atoms with E-state index in [2.05, 4.69) is 5.32 Å². The van der Waals surface area contributed by atoms with Gasteiger partial charge in [-0.15, -0.1) is 11.3 Å². The summed E-state index contributed by atoms with van der Waals surface area (Å²) >= 11 is 7.12. The predicted molar refractivity (Wildman–Crippen MR) is 63.0 cm³/mol. The van der Waals surface area contributed by atoms with Crippen molar-refractivity contribution in [2.45, 2.75) is 19.3 Å². The van der Waals surface area contributed by atoms with Crippen LogP contribution in [0.25, 0.3) is 0 Å². The van der Waals surface area contributed by atoms with Gasteiger partial charge in [-0.05, 0) is 19.1 Å². The molecule has 88 valence electrons. The molecule has 1 amide bonds. The van der Waals surface area contributed by atoms with Crippen molar-refractivity contribution in [2.24, 2.45) is 0 Å². The summed E-state index contributed by atoms with van der Waals surface area (Å²) in [6, 6.07) is 3.54. The van der Waals surface area contributed by atoms with Crippen molar-refractivity contribution in [1.29, 1.82) is 0 Å². The largest absolute Gasteiger partial charge is 0.481 e. The summed E-state index contributed by atoms with van der Waals surface area (Å²) in [5.74, 6) is -1.40. The van der Waals surface area contributed by atoms with Crippen LogP contribution in [-0.2, 0) is 9.59 Å². The fraction of sp³-hybridized carbons (Fsp3) is 0.400. The zero-order valence-electron chi connectivity index (χ0n) is 8.70. The van der Waals surface area contributed by atoms with Crippen LogP contribution in [0.1, 0.15) is 24.1 Å². The number of carbonyl (C=O) groups is 2. The van der Waals surface area contributed by atoms with E-state index in [1.165, 1.54) is 11.3 Å². The molecule has 0 spiro atoms. The number of carbonyl (C=O) groups excluding carboxylic acids is 1. The van der Waals surface area contributed by atoms with E-state index in [9.17, 15) is 9.59 Å². The van der Waals surface area contributed by atoms with Crippen LogP contribution >= 0.6 is 22.9 Å². The molecule has 16 heavy (non-hydrogen) atoms. The van der Waals surface area contributed by atoms with Crippen molar-refractivity contribution in [1.82, 2.24) is 5.32 Å². The Balaban J connectivity index is 2.45. The first-order valence-corrected chi connectivity index (χ1v) is 5.95. The molecule has 0 aliphatic heterocycles. The van der Waals surface area contributed by atoms with E-state index in [1.807, 2.05) is 0 Å². The molecule has 1 atom stereocenters. The minimum absolute atomic E-state index is 0.0658. The lowest BCUT2D eigenvalue weighted by Crippen LogP contribution is -2.29. The predicted octanol–water partition coefficient (Wildman–Crippen LogP) is 2.10. The number of nitrogens with one attached hydrogen (secondary N) is 1. The average molecular weight is 262 g/mol. The topological polar surface area (TPSA) is 66.4 Å². The molecule has 0 radical (unpaired) electrons. The van der Waals surface area contributed by atoms with Gasteiger partial charge < -0.3 is 10.4 Å². The van der Waals surface area contributed by atoms with Gasteiger partial charge in [0.2, 0.25) is 5.91 Å². The Morgan fingerprint density at radius 2 is 2.25 bits per heavy atom. The lowest BCUT2D eigenvalue weighted by molar-refractivity contribution is -0.136. The van der Waals surface area contributed by atoms with E-state index in [0.29, 0.717) is 4.34 Å². The normalized spacial score (nSPS) is 12.1. The molecule has 0 saturated heterocycles. The van der Waals surface area contributed by atoms with Gasteiger partial charge in [0.25, 0.3) is 0 Å². The molecule has 1 aromatic rings. The summed E-state index contributed by atoms with van der Waals surface area (Å²) in [5.41, 5.74) is 0. The molecule has 0 aromatic carbocycles. The summed E-state index contributed by atoms with van der Waals surface area (Å²) in [5, 5.41) is 11.0. The van der Waals surface area contributed by atoms with Crippen LogP contribution in [0, 0.1) is 0 Å². The first kappa shape index (κ1) is 13.0. The maximum absolute atomic E-state index is 11.6. The smallest absolute Gasteiger partial charge is 0.305 e. The Kier molecular flexibility index (Phi) is 4.76.